The molecule has 1 saturated heterocycles. The van der Waals surface area contributed by atoms with E-state index in [-0.39, 0.29) is 0 Å². The summed E-state index contributed by atoms with van der Waals surface area (Å²) in [5, 5.41) is 1.10. The van der Waals surface area contributed by atoms with Gasteiger partial charge in [0.2, 0.25) is 0 Å². The van der Waals surface area contributed by atoms with Gasteiger partial charge in [0.15, 0.2) is 16.6 Å². The monoisotopic (exact) mass is 255 g/mol. The fourth-order valence-electron chi connectivity index (χ4n) is 2.32. The zero-order chi connectivity index (χ0) is 12.4. The summed E-state index contributed by atoms with van der Waals surface area (Å²) in [5.74, 6) is 2.03. The van der Waals surface area contributed by atoms with Crippen LogP contribution in [0.3, 0.4) is 0 Å². The van der Waals surface area contributed by atoms with Gasteiger partial charge in [-0.25, -0.2) is 0 Å². The van der Waals surface area contributed by atoms with Gasteiger partial charge in [0.1, 0.15) is 0 Å². The molecular formula is C12H21N3OS. The molecule has 1 fully saturated rings. The first-order chi connectivity index (χ1) is 8.13. The Bertz CT molecular complexity index is 380. The van der Waals surface area contributed by atoms with Crippen LogP contribution in [0.1, 0.15) is 33.6 Å². The summed E-state index contributed by atoms with van der Waals surface area (Å²) in [6.45, 7) is 8.24. The number of ether oxygens (including phenoxy) is 1. The summed E-state index contributed by atoms with van der Waals surface area (Å²) in [4.78, 5) is 2.40. The summed E-state index contributed by atoms with van der Waals surface area (Å²) in [5.41, 5.74) is 5.86. The third-order valence-electron chi connectivity index (χ3n) is 3.32. The van der Waals surface area contributed by atoms with E-state index in [1.54, 1.807) is 0 Å². The average Bonchev–Trinajstić information content (AvgIpc) is 2.65. The Morgan fingerprint density at radius 3 is 2.94 bits per heavy atom. The van der Waals surface area contributed by atoms with Crippen LogP contribution < -0.4 is 15.4 Å². The van der Waals surface area contributed by atoms with Gasteiger partial charge in [-0.3, -0.25) is 0 Å². The summed E-state index contributed by atoms with van der Waals surface area (Å²) in [7, 11) is 0. The maximum Gasteiger partial charge on any atom is 0.197 e. The van der Waals surface area contributed by atoms with Crippen LogP contribution in [0, 0.1) is 5.92 Å². The molecule has 1 aliphatic rings. The van der Waals surface area contributed by atoms with Gasteiger partial charge in [-0.1, -0.05) is 6.92 Å². The molecule has 5 heteroatoms. The molecule has 1 aromatic rings. The van der Waals surface area contributed by atoms with Crippen molar-refractivity contribution in [2.24, 2.45) is 5.92 Å². The maximum atomic E-state index is 5.86. The van der Waals surface area contributed by atoms with Gasteiger partial charge in [0.05, 0.1) is 6.61 Å². The minimum atomic E-state index is 0.525. The van der Waals surface area contributed by atoms with Crippen molar-refractivity contribution < 1.29 is 4.74 Å². The Kier molecular flexibility index (Phi) is 3.76. The van der Waals surface area contributed by atoms with Crippen molar-refractivity contribution in [3.05, 3.63) is 0 Å². The molecular weight excluding hydrogens is 234 g/mol. The van der Waals surface area contributed by atoms with E-state index in [2.05, 4.69) is 23.1 Å². The highest BCUT2D eigenvalue weighted by atomic mass is 32.1. The Balaban J connectivity index is 2.25. The van der Waals surface area contributed by atoms with Crippen LogP contribution in [-0.2, 0) is 0 Å². The predicted molar refractivity (Wildman–Crippen MR) is 72.9 cm³/mol. The number of anilines is 2. The largest absolute Gasteiger partial charge is 0.487 e. The van der Waals surface area contributed by atoms with E-state index in [1.807, 2.05) is 6.92 Å². The van der Waals surface area contributed by atoms with Crippen LogP contribution in [0.5, 0.6) is 5.75 Å². The summed E-state index contributed by atoms with van der Waals surface area (Å²) < 4.78 is 9.85. The molecule has 0 amide bonds. The van der Waals surface area contributed by atoms with Crippen molar-refractivity contribution >= 4 is 22.4 Å². The first-order valence-corrected chi connectivity index (χ1v) is 7.05. The third-order valence-corrected chi connectivity index (χ3v) is 4.21. The second-order valence-corrected chi connectivity index (χ2v) is 5.57. The van der Waals surface area contributed by atoms with Crippen LogP contribution in [0.4, 0.5) is 10.8 Å². The molecule has 2 N–H and O–H groups in total. The first-order valence-electron chi connectivity index (χ1n) is 6.28. The topological polar surface area (TPSA) is 51.4 Å². The predicted octanol–water partition coefficient (Wildman–Crippen LogP) is 2.75. The van der Waals surface area contributed by atoms with Gasteiger partial charge < -0.3 is 15.4 Å². The number of hydrogen-bond acceptors (Lipinski definition) is 5. The van der Waals surface area contributed by atoms with Gasteiger partial charge in [0.25, 0.3) is 0 Å². The zero-order valence-electron chi connectivity index (χ0n) is 10.8. The second kappa shape index (κ2) is 5.12. The van der Waals surface area contributed by atoms with Crippen LogP contribution in [0.15, 0.2) is 0 Å². The van der Waals surface area contributed by atoms with E-state index in [4.69, 9.17) is 10.5 Å². The lowest BCUT2D eigenvalue weighted by Gasteiger charge is -2.37. The molecule has 4 nitrogen and oxygen atoms in total. The molecule has 0 aliphatic carbocycles. The van der Waals surface area contributed by atoms with E-state index >= 15 is 0 Å². The summed E-state index contributed by atoms with van der Waals surface area (Å²) >= 11 is 1.45. The van der Waals surface area contributed by atoms with Gasteiger partial charge in [-0.15, -0.1) is 0 Å². The van der Waals surface area contributed by atoms with Crippen molar-refractivity contribution in [1.82, 2.24) is 4.37 Å². The van der Waals surface area contributed by atoms with Crippen molar-refractivity contribution in [2.45, 2.75) is 39.7 Å². The highest BCUT2D eigenvalue weighted by molar-refractivity contribution is 7.11. The molecule has 1 aliphatic heterocycles. The van der Waals surface area contributed by atoms with Crippen molar-refractivity contribution in [3.63, 3.8) is 0 Å². The molecule has 2 atom stereocenters. The van der Waals surface area contributed by atoms with Crippen molar-refractivity contribution in [1.29, 1.82) is 0 Å². The standard InChI is InChI=1S/C12H21N3OS/c1-4-16-10-11(13)14-17-12(10)15-7-8(2)5-6-9(15)3/h8-9H,4-7H2,1-3H3,(H2,13,14). The summed E-state index contributed by atoms with van der Waals surface area (Å²) in [6.07, 6.45) is 2.53. The molecule has 17 heavy (non-hydrogen) atoms. The van der Waals surface area contributed by atoms with Crippen LogP contribution in [0.2, 0.25) is 0 Å². The Hall–Kier alpha value is -0.970. The maximum absolute atomic E-state index is 5.86. The second-order valence-electron chi connectivity index (χ2n) is 4.82. The number of hydrogen-bond donors (Lipinski definition) is 1. The van der Waals surface area contributed by atoms with E-state index in [0.717, 1.165) is 23.2 Å². The molecule has 1 aromatic heterocycles. The lowest BCUT2D eigenvalue weighted by atomic mass is 9.95. The first kappa shape index (κ1) is 12.5. The normalized spacial score (nSPS) is 25.0. The Morgan fingerprint density at radius 2 is 2.24 bits per heavy atom. The molecule has 0 saturated carbocycles. The van der Waals surface area contributed by atoms with Crippen LogP contribution in [-0.4, -0.2) is 23.6 Å². The Morgan fingerprint density at radius 1 is 1.47 bits per heavy atom. The van der Waals surface area contributed by atoms with Crippen molar-refractivity contribution in [2.75, 3.05) is 23.8 Å². The molecule has 2 rings (SSSR count). The van der Waals surface area contributed by atoms with Gasteiger partial charge >= 0.3 is 0 Å². The van der Waals surface area contributed by atoms with E-state index in [0.29, 0.717) is 18.5 Å². The lowest BCUT2D eigenvalue weighted by Crippen LogP contribution is -2.40. The molecule has 0 spiro atoms. The zero-order valence-corrected chi connectivity index (χ0v) is 11.6. The van der Waals surface area contributed by atoms with Crippen LogP contribution >= 0.6 is 11.5 Å². The van der Waals surface area contributed by atoms with Gasteiger partial charge in [-0.05, 0) is 44.1 Å². The van der Waals surface area contributed by atoms with Crippen molar-refractivity contribution in [3.8, 4) is 5.75 Å². The minimum Gasteiger partial charge on any atom is -0.487 e. The Labute approximate surface area is 107 Å². The van der Waals surface area contributed by atoms with E-state index in [9.17, 15) is 0 Å². The van der Waals surface area contributed by atoms with Crippen LogP contribution in [0.25, 0.3) is 0 Å². The number of rotatable bonds is 3. The molecule has 96 valence electrons. The number of nitrogen functional groups attached to an aromatic ring is 1. The number of aromatic nitrogens is 1. The average molecular weight is 255 g/mol. The van der Waals surface area contributed by atoms with E-state index in [1.165, 1.54) is 24.4 Å². The highest BCUT2D eigenvalue weighted by Gasteiger charge is 2.28. The smallest absolute Gasteiger partial charge is 0.197 e. The molecule has 2 heterocycles. The lowest BCUT2D eigenvalue weighted by molar-refractivity contribution is 0.337. The van der Waals surface area contributed by atoms with Gasteiger partial charge in [-0.2, -0.15) is 4.37 Å². The summed E-state index contributed by atoms with van der Waals surface area (Å²) in [6, 6.07) is 0.547. The fourth-order valence-corrected chi connectivity index (χ4v) is 3.19. The highest BCUT2D eigenvalue weighted by Crippen LogP contribution is 2.41. The molecule has 0 aromatic carbocycles. The fraction of sp³-hybridized carbons (Fsp3) is 0.750. The number of piperidine rings is 1. The quantitative estimate of drug-likeness (QED) is 0.902. The third kappa shape index (κ3) is 2.49. The molecule has 0 radical (unpaired) electrons. The number of nitrogens with two attached hydrogens (primary N) is 1. The molecule has 2 unspecified atom stereocenters. The van der Waals surface area contributed by atoms with Gasteiger partial charge in [0, 0.05) is 12.6 Å². The SMILES string of the molecule is CCOc1c(N)nsc1N1CC(C)CCC1C. The minimum absolute atomic E-state index is 0.525. The number of nitrogens with zero attached hydrogens (tertiary/aromatic N) is 2. The van der Waals surface area contributed by atoms with E-state index < -0.39 is 0 Å². The molecule has 0 bridgehead atoms.